The third-order valence-electron chi connectivity index (χ3n) is 5.08. The Morgan fingerprint density at radius 2 is 1.53 bits per heavy atom. The zero-order valence-electron chi connectivity index (χ0n) is 20.4. The second-order valence-electron chi connectivity index (χ2n) is 7.07. The van der Waals surface area contributed by atoms with E-state index in [0.29, 0.717) is 23.8 Å². The minimum atomic E-state index is -0.955. The number of aromatic carboxylic acids is 1. The van der Waals surface area contributed by atoms with Crippen LogP contribution in [0.2, 0.25) is 0 Å². The van der Waals surface area contributed by atoms with Crippen molar-refractivity contribution >= 4 is 33.1 Å². The van der Waals surface area contributed by atoms with Gasteiger partial charge in [0.2, 0.25) is 0 Å². The molecule has 1 heterocycles. The van der Waals surface area contributed by atoms with Gasteiger partial charge in [-0.2, -0.15) is 0 Å². The molecule has 0 unspecified atom stereocenters. The summed E-state index contributed by atoms with van der Waals surface area (Å²) in [5.74, 6) is 2.45. The molecular formula is C25H24NNaO6S. The number of carboxylic acids is 1. The first-order valence-electron chi connectivity index (χ1n) is 10.1. The Kier molecular flexibility index (Phi) is 8.68. The van der Waals surface area contributed by atoms with Crippen molar-refractivity contribution in [2.24, 2.45) is 0 Å². The number of carbonyl (C=O) groups is 1. The van der Waals surface area contributed by atoms with Crippen LogP contribution in [0.1, 0.15) is 16.7 Å². The van der Waals surface area contributed by atoms with Crippen molar-refractivity contribution in [3.63, 3.8) is 0 Å². The Balaban J connectivity index is 0.00000216. The molecule has 9 heteroatoms. The van der Waals surface area contributed by atoms with Gasteiger partial charge in [-0.3, -0.25) is 0 Å². The fourth-order valence-electron chi connectivity index (χ4n) is 3.35. The molecule has 172 valence electrons. The third kappa shape index (κ3) is 5.59. The second-order valence-corrected chi connectivity index (χ2v) is 8.21. The van der Waals surface area contributed by atoms with E-state index < -0.39 is 5.97 Å². The molecule has 4 aromatic rings. The number of hydrogen-bond donors (Lipinski definition) is 2. The van der Waals surface area contributed by atoms with Crippen molar-refractivity contribution < 1.29 is 59.8 Å². The first-order valence-corrected chi connectivity index (χ1v) is 10.9. The average Bonchev–Trinajstić information content (AvgIpc) is 3.18. The number of anilines is 1. The Morgan fingerprint density at radius 1 is 0.912 bits per heavy atom. The van der Waals surface area contributed by atoms with Crippen LogP contribution < -0.4 is 53.8 Å². The first-order chi connectivity index (χ1) is 16.0. The zero-order chi connectivity index (χ0) is 23.4. The van der Waals surface area contributed by atoms with Gasteiger partial charge in [0, 0.05) is 21.8 Å². The second kappa shape index (κ2) is 11.5. The van der Waals surface area contributed by atoms with Crippen LogP contribution in [-0.2, 0) is 6.54 Å². The topological polar surface area (TPSA) is 86.3 Å². The van der Waals surface area contributed by atoms with Crippen LogP contribution in [0.3, 0.4) is 0 Å². The summed E-state index contributed by atoms with van der Waals surface area (Å²) < 4.78 is 23.5. The molecule has 4 rings (SSSR count). The molecule has 2 N–H and O–H groups in total. The summed E-state index contributed by atoms with van der Waals surface area (Å²) in [6.45, 7) is 0.488. The number of benzene rings is 3. The maximum Gasteiger partial charge on any atom is 1.00 e. The SMILES string of the molecule is COc1ccc(Oc2c(CNc3ccc(C(=O)O)cc3)sc3cc(OC)c(OC)cc23)cc1.[H-].[Na+]. The molecule has 7 nitrogen and oxygen atoms in total. The third-order valence-corrected chi connectivity index (χ3v) is 6.21. The van der Waals surface area contributed by atoms with Crippen LogP contribution in [-0.4, -0.2) is 32.4 Å². The van der Waals surface area contributed by atoms with Crippen molar-refractivity contribution in [2.45, 2.75) is 6.54 Å². The van der Waals surface area contributed by atoms with Gasteiger partial charge in [0.05, 0.1) is 38.3 Å². The minimum Gasteiger partial charge on any atom is -1.00 e. The monoisotopic (exact) mass is 489 g/mol. The molecule has 0 spiro atoms. The number of fused-ring (bicyclic) bond motifs is 1. The molecule has 0 aliphatic carbocycles. The maximum absolute atomic E-state index is 11.1. The standard InChI is InChI=1S/C25H23NO6S.Na.H/c1-29-17-8-10-18(11-9-17)32-24-19-12-20(30-2)21(31-3)13-22(19)33-23(24)14-26-16-6-4-15(5-7-16)25(27)28;;/h4-13,26H,14H2,1-3H3,(H,27,28);;/q;+1;-1. The van der Waals surface area contributed by atoms with E-state index in [1.54, 1.807) is 56.9 Å². The van der Waals surface area contributed by atoms with E-state index in [1.165, 1.54) is 0 Å². The van der Waals surface area contributed by atoms with Gasteiger partial charge in [-0.05, 0) is 54.6 Å². The minimum absolute atomic E-state index is 0. The number of nitrogens with one attached hydrogen (secondary N) is 1. The molecular weight excluding hydrogens is 465 g/mol. The van der Waals surface area contributed by atoms with Gasteiger partial charge < -0.3 is 30.8 Å². The smallest absolute Gasteiger partial charge is 1.00 e. The molecule has 0 saturated carbocycles. The predicted molar refractivity (Wildman–Crippen MR) is 130 cm³/mol. The van der Waals surface area contributed by atoms with Gasteiger partial charge in [0.25, 0.3) is 0 Å². The van der Waals surface area contributed by atoms with E-state index >= 15 is 0 Å². The van der Waals surface area contributed by atoms with Crippen LogP contribution in [0.15, 0.2) is 60.7 Å². The van der Waals surface area contributed by atoms with Crippen LogP contribution in [0, 0.1) is 0 Å². The van der Waals surface area contributed by atoms with Gasteiger partial charge in [-0.15, -0.1) is 11.3 Å². The van der Waals surface area contributed by atoms with Gasteiger partial charge in [0.15, 0.2) is 17.2 Å². The molecule has 0 bridgehead atoms. The number of ether oxygens (including phenoxy) is 4. The van der Waals surface area contributed by atoms with Gasteiger partial charge in [-0.1, -0.05) is 0 Å². The van der Waals surface area contributed by atoms with Crippen LogP contribution in [0.25, 0.3) is 10.1 Å². The van der Waals surface area contributed by atoms with Crippen molar-refractivity contribution in [2.75, 3.05) is 26.6 Å². The molecule has 3 aromatic carbocycles. The van der Waals surface area contributed by atoms with E-state index in [2.05, 4.69) is 5.32 Å². The normalized spacial score (nSPS) is 10.3. The van der Waals surface area contributed by atoms with E-state index in [4.69, 9.17) is 24.1 Å². The Hall–Kier alpha value is -2.91. The molecule has 0 aliphatic heterocycles. The largest absolute Gasteiger partial charge is 1.00 e. The fourth-order valence-corrected chi connectivity index (χ4v) is 4.44. The molecule has 0 saturated heterocycles. The number of carboxylic acid groups (broad SMARTS) is 1. The molecule has 0 atom stereocenters. The quantitative estimate of drug-likeness (QED) is 0.350. The molecule has 0 amide bonds. The summed E-state index contributed by atoms with van der Waals surface area (Å²) in [6.07, 6.45) is 0. The summed E-state index contributed by atoms with van der Waals surface area (Å²) in [5, 5.41) is 13.3. The van der Waals surface area contributed by atoms with E-state index in [9.17, 15) is 4.79 Å². The Morgan fingerprint density at radius 3 is 2.12 bits per heavy atom. The number of hydrogen-bond acceptors (Lipinski definition) is 7. The Labute approximate surface area is 225 Å². The number of rotatable bonds is 9. The molecule has 1 aromatic heterocycles. The van der Waals surface area contributed by atoms with Crippen LogP contribution >= 0.6 is 11.3 Å². The van der Waals surface area contributed by atoms with E-state index in [0.717, 1.165) is 32.1 Å². The van der Waals surface area contributed by atoms with Crippen molar-refractivity contribution in [3.8, 4) is 28.7 Å². The van der Waals surface area contributed by atoms with Crippen molar-refractivity contribution in [1.29, 1.82) is 0 Å². The van der Waals surface area contributed by atoms with Gasteiger partial charge >= 0.3 is 35.5 Å². The fraction of sp³-hybridized carbons (Fsp3) is 0.160. The summed E-state index contributed by atoms with van der Waals surface area (Å²) in [4.78, 5) is 12.1. The molecule has 0 radical (unpaired) electrons. The molecule has 0 aliphatic rings. The predicted octanol–water partition coefficient (Wildman–Crippen LogP) is 3.15. The number of methoxy groups -OCH3 is 3. The first kappa shape index (κ1) is 25.7. The molecule has 34 heavy (non-hydrogen) atoms. The van der Waals surface area contributed by atoms with Gasteiger partial charge in [-0.25, -0.2) is 4.79 Å². The van der Waals surface area contributed by atoms with Crippen molar-refractivity contribution in [3.05, 3.63) is 71.1 Å². The molecule has 0 fully saturated rings. The zero-order valence-corrected chi connectivity index (χ0v) is 22.2. The van der Waals surface area contributed by atoms with Crippen LogP contribution in [0.4, 0.5) is 5.69 Å². The summed E-state index contributed by atoms with van der Waals surface area (Å²) >= 11 is 1.58. The van der Waals surface area contributed by atoms with E-state index in [1.807, 2.05) is 36.4 Å². The number of thiophene rings is 1. The summed E-state index contributed by atoms with van der Waals surface area (Å²) in [7, 11) is 4.83. The summed E-state index contributed by atoms with van der Waals surface area (Å²) in [6, 6.07) is 17.9. The van der Waals surface area contributed by atoms with E-state index in [-0.39, 0.29) is 36.5 Å². The average molecular weight is 490 g/mol. The Bertz CT molecular complexity index is 1280. The van der Waals surface area contributed by atoms with Crippen LogP contribution in [0.5, 0.6) is 28.7 Å². The maximum atomic E-state index is 11.1. The van der Waals surface area contributed by atoms with Gasteiger partial charge in [0.1, 0.15) is 11.5 Å². The van der Waals surface area contributed by atoms with Crippen molar-refractivity contribution in [1.82, 2.24) is 0 Å². The summed E-state index contributed by atoms with van der Waals surface area (Å²) in [5.41, 5.74) is 1.05.